The Morgan fingerprint density at radius 3 is 2.59 bits per heavy atom. The molecule has 2 aromatic rings. The summed E-state index contributed by atoms with van der Waals surface area (Å²) in [6, 6.07) is 11.5. The molecule has 1 saturated heterocycles. The Kier molecular flexibility index (Phi) is 4.43. The Morgan fingerprint density at radius 1 is 1.07 bits per heavy atom. The summed E-state index contributed by atoms with van der Waals surface area (Å²) >= 11 is 0. The highest BCUT2D eigenvalue weighted by atomic mass is 16.5. The molecule has 4 rings (SSSR count). The van der Waals surface area contributed by atoms with Crippen LogP contribution in [-0.4, -0.2) is 41.6 Å². The largest absolute Gasteiger partial charge is 0.497 e. The predicted octanol–water partition coefficient (Wildman–Crippen LogP) is 1.83. The van der Waals surface area contributed by atoms with Crippen LogP contribution in [0.5, 0.6) is 5.75 Å². The molecule has 2 bridgehead atoms. The summed E-state index contributed by atoms with van der Waals surface area (Å²) in [7, 11) is 1.55. The summed E-state index contributed by atoms with van der Waals surface area (Å²) in [6.45, 7) is 1.66. The normalized spacial score (nSPS) is 20.6. The lowest BCUT2D eigenvalue weighted by atomic mass is 9.83. The van der Waals surface area contributed by atoms with E-state index in [9.17, 15) is 14.4 Å². The fourth-order valence-electron chi connectivity index (χ4n) is 4.05. The zero-order valence-electron chi connectivity index (χ0n) is 15.1. The van der Waals surface area contributed by atoms with E-state index in [0.717, 1.165) is 12.1 Å². The molecule has 3 heterocycles. The third-order valence-electron chi connectivity index (χ3n) is 5.34. The lowest BCUT2D eigenvalue weighted by Gasteiger charge is -2.42. The van der Waals surface area contributed by atoms with Crippen molar-refractivity contribution in [2.24, 2.45) is 5.92 Å². The number of likely N-dealkylation sites (tertiary alicyclic amines) is 1. The summed E-state index contributed by atoms with van der Waals surface area (Å²) in [5, 5.41) is 2.47. The number of carbonyl (C=O) groups is 2. The monoisotopic (exact) mass is 367 g/mol. The minimum absolute atomic E-state index is 0.00906. The maximum atomic E-state index is 12.6. The molecule has 7 heteroatoms. The molecule has 1 N–H and O–H groups in total. The summed E-state index contributed by atoms with van der Waals surface area (Å²) in [4.78, 5) is 38.7. The number of carbonyl (C=O) groups excluding carboxylic acids is 2. The van der Waals surface area contributed by atoms with Gasteiger partial charge < -0.3 is 14.2 Å². The van der Waals surface area contributed by atoms with Crippen molar-refractivity contribution in [3.8, 4) is 5.75 Å². The second-order valence-electron chi connectivity index (χ2n) is 7.09. The van der Waals surface area contributed by atoms with Crippen LogP contribution >= 0.6 is 0 Å². The van der Waals surface area contributed by atoms with Gasteiger partial charge in [-0.25, -0.2) is 4.79 Å². The molecular formula is C20H21N3O4. The van der Waals surface area contributed by atoms with Crippen LogP contribution in [0, 0.1) is 5.92 Å². The van der Waals surface area contributed by atoms with Gasteiger partial charge in [0.25, 0.3) is 11.5 Å². The number of piperidine rings is 1. The number of rotatable bonds is 2. The summed E-state index contributed by atoms with van der Waals surface area (Å²) in [5.74, 6) is 0.553. The number of imide groups is 1. The molecule has 2 aliphatic heterocycles. The van der Waals surface area contributed by atoms with Gasteiger partial charge in [0, 0.05) is 42.9 Å². The van der Waals surface area contributed by atoms with Crippen molar-refractivity contribution in [1.29, 1.82) is 0 Å². The smallest absolute Gasteiger partial charge is 0.324 e. The van der Waals surface area contributed by atoms with Gasteiger partial charge in [-0.15, -0.1) is 0 Å². The molecule has 3 amide bonds. The molecule has 0 spiro atoms. The number of fused-ring (bicyclic) bond motifs is 4. The van der Waals surface area contributed by atoms with E-state index in [2.05, 4.69) is 5.32 Å². The van der Waals surface area contributed by atoms with Crippen LogP contribution in [0.1, 0.15) is 28.4 Å². The maximum Gasteiger partial charge on any atom is 0.324 e. The summed E-state index contributed by atoms with van der Waals surface area (Å²) in [6.07, 6.45) is 0.958. The van der Waals surface area contributed by atoms with Crippen molar-refractivity contribution >= 4 is 11.9 Å². The average Bonchev–Trinajstić information content (AvgIpc) is 2.68. The highest BCUT2D eigenvalue weighted by molar-refractivity contribution is 6.04. The van der Waals surface area contributed by atoms with Gasteiger partial charge in [0.1, 0.15) is 5.75 Å². The zero-order valence-corrected chi connectivity index (χ0v) is 15.1. The maximum absolute atomic E-state index is 12.6. The first-order valence-corrected chi connectivity index (χ1v) is 8.99. The van der Waals surface area contributed by atoms with Gasteiger partial charge >= 0.3 is 6.03 Å². The van der Waals surface area contributed by atoms with Gasteiger partial charge in [-0.05, 0) is 42.7 Å². The van der Waals surface area contributed by atoms with E-state index in [1.807, 2.05) is 10.6 Å². The number of hydrogen-bond acceptors (Lipinski definition) is 4. The lowest BCUT2D eigenvalue weighted by molar-refractivity contribution is 0.0925. The van der Waals surface area contributed by atoms with Crippen LogP contribution < -0.4 is 15.6 Å². The molecular weight excluding hydrogens is 346 g/mol. The molecule has 0 radical (unpaired) electrons. The van der Waals surface area contributed by atoms with E-state index in [4.69, 9.17) is 4.74 Å². The number of nitrogens with zero attached hydrogens (tertiary/aromatic N) is 2. The topological polar surface area (TPSA) is 80.6 Å². The minimum Gasteiger partial charge on any atom is -0.497 e. The Hall–Kier alpha value is -3.09. The van der Waals surface area contributed by atoms with Crippen molar-refractivity contribution in [1.82, 2.24) is 14.8 Å². The first-order chi connectivity index (χ1) is 13.0. The van der Waals surface area contributed by atoms with Gasteiger partial charge in [0.15, 0.2) is 0 Å². The Balaban J connectivity index is 1.46. The molecule has 1 aromatic carbocycles. The van der Waals surface area contributed by atoms with Gasteiger partial charge in [-0.2, -0.15) is 0 Å². The number of nitrogens with one attached hydrogen (secondary N) is 1. The molecule has 140 valence electrons. The lowest BCUT2D eigenvalue weighted by Crippen LogP contribution is -2.52. The number of methoxy groups -OCH3 is 1. The quantitative estimate of drug-likeness (QED) is 0.878. The minimum atomic E-state index is -0.435. The molecule has 2 aliphatic rings. The van der Waals surface area contributed by atoms with Crippen LogP contribution in [0.2, 0.25) is 0 Å². The average molecular weight is 367 g/mol. The second kappa shape index (κ2) is 6.90. The van der Waals surface area contributed by atoms with E-state index in [1.165, 1.54) is 0 Å². The number of amides is 3. The van der Waals surface area contributed by atoms with Gasteiger partial charge in [0.2, 0.25) is 0 Å². The standard InChI is InChI=1S/C20H21N3O4/c1-27-16-7-5-14(6-8-16)19(25)21-20(26)22-10-13-9-15(12-22)17-3-2-4-18(24)23(17)11-13/h2-8,13,15H,9-12H2,1H3,(H,21,25,26). The number of urea groups is 1. The van der Waals surface area contributed by atoms with Crippen molar-refractivity contribution in [2.75, 3.05) is 20.2 Å². The summed E-state index contributed by atoms with van der Waals surface area (Å²) in [5.41, 5.74) is 1.38. The van der Waals surface area contributed by atoms with Gasteiger partial charge in [-0.1, -0.05) is 6.07 Å². The third-order valence-corrected chi connectivity index (χ3v) is 5.34. The molecule has 1 fully saturated rings. The highest BCUT2D eigenvalue weighted by Gasteiger charge is 2.36. The SMILES string of the molecule is COc1ccc(C(=O)NC(=O)N2CC3CC(C2)c2cccc(=O)n2C3)cc1. The Labute approximate surface area is 156 Å². The van der Waals surface area contributed by atoms with Gasteiger partial charge in [-0.3, -0.25) is 14.9 Å². The summed E-state index contributed by atoms with van der Waals surface area (Å²) < 4.78 is 6.89. The van der Waals surface area contributed by atoms with E-state index in [1.54, 1.807) is 48.4 Å². The number of benzene rings is 1. The zero-order chi connectivity index (χ0) is 19.0. The fraction of sp³-hybridized carbons (Fsp3) is 0.350. The molecule has 0 saturated carbocycles. The van der Waals surface area contributed by atoms with Gasteiger partial charge in [0.05, 0.1) is 7.11 Å². The third kappa shape index (κ3) is 3.32. The van der Waals surface area contributed by atoms with Crippen LogP contribution in [0.25, 0.3) is 0 Å². The van der Waals surface area contributed by atoms with E-state index in [0.29, 0.717) is 30.9 Å². The molecule has 0 aliphatic carbocycles. The molecule has 7 nitrogen and oxygen atoms in total. The molecule has 2 atom stereocenters. The van der Waals surface area contributed by atoms with Crippen LogP contribution in [-0.2, 0) is 6.54 Å². The van der Waals surface area contributed by atoms with Crippen molar-refractivity contribution in [2.45, 2.75) is 18.9 Å². The molecule has 2 unspecified atom stereocenters. The van der Waals surface area contributed by atoms with E-state index >= 15 is 0 Å². The number of aromatic nitrogens is 1. The van der Waals surface area contributed by atoms with Crippen molar-refractivity contribution in [3.05, 3.63) is 64.1 Å². The van der Waals surface area contributed by atoms with Crippen LogP contribution in [0.3, 0.4) is 0 Å². The Bertz CT molecular complexity index is 935. The van der Waals surface area contributed by atoms with Crippen molar-refractivity contribution in [3.63, 3.8) is 0 Å². The fourth-order valence-corrected chi connectivity index (χ4v) is 4.05. The number of pyridine rings is 1. The highest BCUT2D eigenvalue weighted by Crippen LogP contribution is 2.34. The molecule has 27 heavy (non-hydrogen) atoms. The van der Waals surface area contributed by atoms with Crippen LogP contribution in [0.15, 0.2) is 47.3 Å². The molecule has 1 aromatic heterocycles. The second-order valence-corrected chi connectivity index (χ2v) is 7.09. The van der Waals surface area contributed by atoms with Crippen LogP contribution in [0.4, 0.5) is 4.79 Å². The first kappa shape index (κ1) is 17.3. The number of hydrogen-bond donors (Lipinski definition) is 1. The predicted molar refractivity (Wildman–Crippen MR) is 99.0 cm³/mol. The number of ether oxygens (including phenoxy) is 1. The Morgan fingerprint density at radius 2 is 1.85 bits per heavy atom. The first-order valence-electron chi connectivity index (χ1n) is 8.99. The van der Waals surface area contributed by atoms with E-state index in [-0.39, 0.29) is 17.4 Å². The van der Waals surface area contributed by atoms with E-state index < -0.39 is 11.9 Å². The van der Waals surface area contributed by atoms with Crippen molar-refractivity contribution < 1.29 is 14.3 Å².